The molecular formula is C38H50N2O. The van der Waals surface area contributed by atoms with Gasteiger partial charge in [-0.25, -0.2) is 0 Å². The number of nitrogens with zero attached hydrogens (tertiary/aromatic N) is 1. The fraction of sp³-hybridized carbons (Fsp3) is 0.421. The molecule has 3 N–H and O–H groups in total. The summed E-state index contributed by atoms with van der Waals surface area (Å²) in [5.41, 5.74) is 13.7. The first-order chi connectivity index (χ1) is 19.4. The zero-order chi connectivity index (χ0) is 28.4. The van der Waals surface area contributed by atoms with Crippen LogP contribution in [-0.2, 0) is 4.74 Å². The Morgan fingerprint density at radius 1 is 0.732 bits per heavy atom. The molecular weight excluding hydrogens is 500 g/mol. The highest BCUT2D eigenvalue weighted by atomic mass is 16.5. The molecule has 1 unspecified atom stereocenters. The molecule has 0 aromatic heterocycles. The van der Waals surface area contributed by atoms with Gasteiger partial charge in [-0.3, -0.25) is 0 Å². The van der Waals surface area contributed by atoms with Crippen LogP contribution in [0.5, 0.6) is 0 Å². The monoisotopic (exact) mass is 550 g/mol. The molecule has 3 heteroatoms. The molecule has 2 aliphatic carbocycles. The summed E-state index contributed by atoms with van der Waals surface area (Å²) in [6, 6.07) is 25.5. The third kappa shape index (κ3) is 6.22. The van der Waals surface area contributed by atoms with Gasteiger partial charge in [-0.15, -0.1) is 0 Å². The van der Waals surface area contributed by atoms with Crippen LogP contribution >= 0.6 is 0 Å². The summed E-state index contributed by atoms with van der Waals surface area (Å²) in [4.78, 5) is 2.46. The number of allylic oxidation sites excluding steroid dienone is 4. The van der Waals surface area contributed by atoms with E-state index in [9.17, 15) is 0 Å². The molecule has 1 saturated heterocycles. The van der Waals surface area contributed by atoms with Gasteiger partial charge in [0.15, 0.2) is 0 Å². The van der Waals surface area contributed by atoms with Gasteiger partial charge in [0.05, 0.1) is 12.2 Å². The van der Waals surface area contributed by atoms with Gasteiger partial charge in [0.1, 0.15) is 0 Å². The quantitative estimate of drug-likeness (QED) is 0.351. The largest absolute Gasteiger partial charge is 0.372 e. The molecule has 3 aliphatic rings. The van der Waals surface area contributed by atoms with Crippen LogP contribution in [0.1, 0.15) is 102 Å². The van der Waals surface area contributed by atoms with Crippen molar-refractivity contribution in [3.8, 4) is 11.1 Å². The van der Waals surface area contributed by atoms with Crippen LogP contribution in [0.25, 0.3) is 22.3 Å². The molecule has 1 heterocycles. The number of morpholine rings is 1. The van der Waals surface area contributed by atoms with E-state index in [-0.39, 0.29) is 18.4 Å². The second-order valence-corrected chi connectivity index (χ2v) is 11.9. The molecule has 2 fully saturated rings. The summed E-state index contributed by atoms with van der Waals surface area (Å²) in [5, 5.41) is 0. The fourth-order valence-corrected chi connectivity index (χ4v) is 6.66. The van der Waals surface area contributed by atoms with Crippen molar-refractivity contribution < 1.29 is 4.74 Å². The van der Waals surface area contributed by atoms with Gasteiger partial charge in [-0.05, 0) is 103 Å². The maximum atomic E-state index is 5.95. The van der Waals surface area contributed by atoms with E-state index in [0.29, 0.717) is 5.92 Å². The van der Waals surface area contributed by atoms with Crippen LogP contribution in [0.15, 0.2) is 78.4 Å². The van der Waals surface area contributed by atoms with Crippen molar-refractivity contribution in [2.75, 3.05) is 18.0 Å². The summed E-state index contributed by atoms with van der Waals surface area (Å²) in [7, 11) is 0. The van der Waals surface area contributed by atoms with E-state index >= 15 is 0 Å². The summed E-state index contributed by atoms with van der Waals surface area (Å²) in [5.74, 6) is 1.13. The first-order valence-corrected chi connectivity index (χ1v) is 15.5. The highest BCUT2D eigenvalue weighted by Crippen LogP contribution is 2.44. The predicted molar refractivity (Wildman–Crippen MR) is 178 cm³/mol. The third-order valence-corrected chi connectivity index (χ3v) is 9.16. The van der Waals surface area contributed by atoms with Crippen LogP contribution < -0.4 is 11.1 Å². The molecule has 218 valence electrons. The minimum absolute atomic E-state index is 0. The van der Waals surface area contributed by atoms with E-state index in [4.69, 9.17) is 4.74 Å². The Balaban J connectivity index is 0.00000126. The predicted octanol–water partition coefficient (Wildman–Crippen LogP) is 10.4. The van der Waals surface area contributed by atoms with Gasteiger partial charge in [0.25, 0.3) is 0 Å². The van der Waals surface area contributed by atoms with Gasteiger partial charge < -0.3 is 15.8 Å². The topological polar surface area (TPSA) is 47.5 Å². The Morgan fingerprint density at radius 3 is 1.90 bits per heavy atom. The fourth-order valence-electron chi connectivity index (χ4n) is 6.66. The molecule has 0 spiro atoms. The Bertz CT molecular complexity index is 1370. The van der Waals surface area contributed by atoms with Crippen LogP contribution in [0.3, 0.4) is 0 Å². The Labute approximate surface area is 248 Å². The smallest absolute Gasteiger partial charge is 0.0726 e. The second kappa shape index (κ2) is 13.2. The van der Waals surface area contributed by atoms with Crippen molar-refractivity contribution >= 4 is 16.8 Å². The number of fused-ring (bicyclic) bond motifs is 1. The van der Waals surface area contributed by atoms with Crippen molar-refractivity contribution in [2.45, 2.75) is 91.8 Å². The zero-order valence-electron chi connectivity index (χ0n) is 26.3. The number of hydrogen-bond donors (Lipinski definition) is 1. The average molecular weight is 551 g/mol. The molecule has 3 nitrogen and oxygen atoms in total. The minimum Gasteiger partial charge on any atom is -0.372 e. The van der Waals surface area contributed by atoms with Gasteiger partial charge in [-0.2, -0.15) is 0 Å². The number of ether oxygens (including phenoxy) is 1. The molecule has 0 amide bonds. The molecule has 1 saturated carbocycles. The van der Waals surface area contributed by atoms with Crippen molar-refractivity contribution in [1.29, 1.82) is 0 Å². The van der Waals surface area contributed by atoms with E-state index in [1.807, 2.05) is 13.8 Å². The van der Waals surface area contributed by atoms with Gasteiger partial charge >= 0.3 is 0 Å². The Morgan fingerprint density at radius 2 is 1.32 bits per heavy atom. The molecule has 1 aliphatic heterocycles. The maximum absolute atomic E-state index is 5.95. The lowest BCUT2D eigenvalue weighted by Gasteiger charge is -2.37. The van der Waals surface area contributed by atoms with Crippen molar-refractivity contribution in [3.63, 3.8) is 0 Å². The van der Waals surface area contributed by atoms with Crippen LogP contribution in [0.4, 0.5) is 5.69 Å². The molecule has 6 rings (SSSR count). The normalized spacial score (nSPS) is 22.4. The lowest BCUT2D eigenvalue weighted by atomic mass is 9.79. The van der Waals surface area contributed by atoms with E-state index in [2.05, 4.69) is 112 Å². The maximum Gasteiger partial charge on any atom is 0.0726 e. The lowest BCUT2D eigenvalue weighted by molar-refractivity contribution is -0.00521. The first kappa shape index (κ1) is 30.8. The van der Waals surface area contributed by atoms with Crippen LogP contribution in [0, 0.1) is 0 Å². The molecule has 3 aromatic rings. The SMILES string of the molecule is CC.CC1=CC(c2ccc(N3C[C@@H](C)O[C@H](C)C3)cc2)=C(C)c2cccc(-c3ccc(C4CCC4)cc3)c2C1C.N. The van der Waals surface area contributed by atoms with Crippen LogP contribution in [-0.4, -0.2) is 25.3 Å². The minimum atomic E-state index is 0. The van der Waals surface area contributed by atoms with Crippen molar-refractivity contribution in [1.82, 2.24) is 6.15 Å². The van der Waals surface area contributed by atoms with E-state index in [1.54, 1.807) is 0 Å². The van der Waals surface area contributed by atoms with Crippen molar-refractivity contribution in [2.24, 2.45) is 0 Å². The van der Waals surface area contributed by atoms with E-state index in [0.717, 1.165) is 19.0 Å². The lowest BCUT2D eigenvalue weighted by Crippen LogP contribution is -2.45. The molecule has 3 atom stereocenters. The molecule has 0 radical (unpaired) electrons. The van der Waals surface area contributed by atoms with Gasteiger partial charge in [-0.1, -0.05) is 93.4 Å². The summed E-state index contributed by atoms with van der Waals surface area (Å²) >= 11 is 0. The first-order valence-electron chi connectivity index (χ1n) is 15.5. The second-order valence-electron chi connectivity index (χ2n) is 11.9. The van der Waals surface area contributed by atoms with Crippen molar-refractivity contribution in [3.05, 3.63) is 101 Å². The van der Waals surface area contributed by atoms with Crippen LogP contribution in [0.2, 0.25) is 0 Å². The zero-order valence-corrected chi connectivity index (χ0v) is 26.3. The summed E-state index contributed by atoms with van der Waals surface area (Å²) < 4.78 is 5.95. The Kier molecular flexibility index (Phi) is 9.94. The van der Waals surface area contributed by atoms with E-state index in [1.165, 1.54) is 75.0 Å². The number of benzene rings is 3. The third-order valence-electron chi connectivity index (χ3n) is 9.16. The average Bonchev–Trinajstić information content (AvgIpc) is 3.03. The van der Waals surface area contributed by atoms with E-state index < -0.39 is 0 Å². The number of rotatable bonds is 4. The highest BCUT2D eigenvalue weighted by molar-refractivity contribution is 5.98. The number of anilines is 1. The summed E-state index contributed by atoms with van der Waals surface area (Å²) in [6.07, 6.45) is 7.02. The summed E-state index contributed by atoms with van der Waals surface area (Å²) in [6.45, 7) is 17.2. The molecule has 3 aromatic carbocycles. The highest BCUT2D eigenvalue weighted by Gasteiger charge is 2.25. The number of hydrogen-bond acceptors (Lipinski definition) is 3. The van der Waals surface area contributed by atoms with Gasteiger partial charge in [0.2, 0.25) is 0 Å². The Hall–Kier alpha value is -3.14. The molecule has 0 bridgehead atoms. The standard InChI is InChI=1S/C36H41NO.C2H6.H3N/c1-23-20-35(31-16-18-32(19-17-31)37-21-24(2)38-25(3)22-37)27(5)33-10-7-11-34(36(33)26(23)4)30-14-12-29(13-15-30)28-8-6-9-28;1-2;/h7,10-20,24-26,28H,6,8-9,21-22H2,1-5H3;1-2H3;1H3/t24-,25-,26?;;/m1../s1. The molecule has 41 heavy (non-hydrogen) atoms. The van der Waals surface area contributed by atoms with Gasteiger partial charge in [0, 0.05) is 24.7 Å².